The maximum atomic E-state index is 12.2. The first-order valence-corrected chi connectivity index (χ1v) is 6.34. The van der Waals surface area contributed by atoms with E-state index in [9.17, 15) is 14.7 Å². The minimum atomic E-state index is -0.846. The highest BCUT2D eigenvalue weighted by atomic mass is 16.3. The van der Waals surface area contributed by atoms with Gasteiger partial charge >= 0.3 is 0 Å². The molecule has 0 saturated carbocycles. The van der Waals surface area contributed by atoms with Gasteiger partial charge in [0.2, 0.25) is 0 Å². The lowest BCUT2D eigenvalue weighted by Gasteiger charge is -2.44. The summed E-state index contributed by atoms with van der Waals surface area (Å²) in [5.74, 6) is 0.308. The van der Waals surface area contributed by atoms with Gasteiger partial charge in [0.05, 0.1) is 24.4 Å². The molecular formula is C13H19N3O3. The zero-order valence-electron chi connectivity index (χ0n) is 11.6. The predicted octanol–water partition coefficient (Wildman–Crippen LogP) is 0.409. The number of H-pyrrole nitrogens is 1. The van der Waals surface area contributed by atoms with Crippen LogP contribution in [0.1, 0.15) is 48.6 Å². The number of rotatable bonds is 2. The number of carbonyl (C=O) groups excluding carboxylic acids is 1. The molecule has 0 bridgehead atoms. The van der Waals surface area contributed by atoms with Crippen LogP contribution in [0.15, 0.2) is 4.79 Å². The predicted molar refractivity (Wildman–Crippen MR) is 70.2 cm³/mol. The van der Waals surface area contributed by atoms with Crippen LogP contribution >= 0.6 is 0 Å². The van der Waals surface area contributed by atoms with Crippen molar-refractivity contribution in [3.8, 4) is 0 Å². The molecule has 6 nitrogen and oxygen atoms in total. The number of carbonyl (C=O) groups is 1. The van der Waals surface area contributed by atoms with Crippen molar-refractivity contribution in [2.75, 3.05) is 13.1 Å². The number of amides is 1. The summed E-state index contributed by atoms with van der Waals surface area (Å²) in [6.45, 7) is 7.66. The number of likely N-dealkylation sites (tertiary alicyclic amines) is 1. The number of aromatic nitrogens is 2. The smallest absolute Gasteiger partial charge is 0.264 e. The summed E-state index contributed by atoms with van der Waals surface area (Å²) in [5, 5.41) is 9.64. The molecule has 104 valence electrons. The lowest BCUT2D eigenvalue weighted by atomic mass is 9.96. The molecule has 0 spiro atoms. The molecule has 0 aromatic carbocycles. The number of β-amino-alcohol motifs (C(OH)–C–C–N with tert-alkyl or cyclic N) is 1. The Kier molecular flexibility index (Phi) is 3.22. The Morgan fingerprint density at radius 3 is 2.47 bits per heavy atom. The van der Waals surface area contributed by atoms with E-state index >= 15 is 0 Å². The molecule has 2 heterocycles. The standard InChI is InChI=1S/C13H19N3O3/c1-7(2)10-14-8(3)9(11(17)15-10)12(18)16-5-13(4,19)6-16/h7,19H,5-6H2,1-4H3,(H,14,15,17). The van der Waals surface area contributed by atoms with Gasteiger partial charge in [-0.15, -0.1) is 0 Å². The van der Waals surface area contributed by atoms with E-state index in [4.69, 9.17) is 0 Å². The maximum absolute atomic E-state index is 12.2. The molecule has 1 aromatic rings. The maximum Gasteiger partial charge on any atom is 0.264 e. The molecule has 0 atom stereocenters. The van der Waals surface area contributed by atoms with Gasteiger partial charge in [-0.25, -0.2) is 4.98 Å². The third-order valence-corrected chi connectivity index (χ3v) is 3.23. The Hall–Kier alpha value is -1.69. The summed E-state index contributed by atoms with van der Waals surface area (Å²) in [6, 6.07) is 0. The van der Waals surface area contributed by atoms with Crippen LogP contribution in [0.5, 0.6) is 0 Å². The lowest BCUT2D eigenvalue weighted by Crippen LogP contribution is -2.62. The third-order valence-electron chi connectivity index (χ3n) is 3.23. The number of aryl methyl sites for hydroxylation is 1. The van der Waals surface area contributed by atoms with Gasteiger partial charge in [0.1, 0.15) is 11.4 Å². The fraction of sp³-hybridized carbons (Fsp3) is 0.615. The van der Waals surface area contributed by atoms with Gasteiger partial charge in [0, 0.05) is 5.92 Å². The summed E-state index contributed by atoms with van der Waals surface area (Å²) in [4.78, 5) is 32.6. The molecule has 0 aliphatic carbocycles. The van der Waals surface area contributed by atoms with Crippen LogP contribution in [0.3, 0.4) is 0 Å². The number of nitrogens with one attached hydrogen (secondary N) is 1. The van der Waals surface area contributed by atoms with Crippen molar-refractivity contribution in [3.63, 3.8) is 0 Å². The molecule has 1 aromatic heterocycles. The van der Waals surface area contributed by atoms with Gasteiger partial charge in [-0.1, -0.05) is 13.8 Å². The number of aromatic amines is 1. The van der Waals surface area contributed by atoms with E-state index < -0.39 is 11.2 Å². The Morgan fingerprint density at radius 1 is 1.47 bits per heavy atom. The molecule has 1 amide bonds. The quantitative estimate of drug-likeness (QED) is 0.811. The van der Waals surface area contributed by atoms with E-state index in [0.29, 0.717) is 11.5 Å². The average Bonchev–Trinajstić information content (AvgIpc) is 2.24. The monoisotopic (exact) mass is 265 g/mol. The second-order valence-corrected chi connectivity index (χ2v) is 5.72. The van der Waals surface area contributed by atoms with Gasteiger partial charge in [0.15, 0.2) is 0 Å². The summed E-state index contributed by atoms with van der Waals surface area (Å²) in [5.41, 5.74) is -0.751. The first kappa shape index (κ1) is 13.7. The van der Waals surface area contributed by atoms with Crippen molar-refractivity contribution in [2.45, 2.75) is 39.2 Å². The van der Waals surface area contributed by atoms with Crippen LogP contribution in [-0.4, -0.2) is 44.6 Å². The van der Waals surface area contributed by atoms with Gasteiger partial charge in [-0.2, -0.15) is 0 Å². The van der Waals surface area contributed by atoms with Crippen molar-refractivity contribution in [3.05, 3.63) is 27.4 Å². The van der Waals surface area contributed by atoms with Crippen LogP contribution in [0.2, 0.25) is 0 Å². The number of aliphatic hydroxyl groups is 1. The zero-order chi connectivity index (χ0) is 14.4. The highest BCUT2D eigenvalue weighted by Gasteiger charge is 2.40. The molecule has 2 N–H and O–H groups in total. The minimum Gasteiger partial charge on any atom is -0.386 e. The first-order valence-electron chi connectivity index (χ1n) is 6.34. The Bertz CT molecular complexity index is 567. The second-order valence-electron chi connectivity index (χ2n) is 5.72. The number of hydrogen-bond acceptors (Lipinski definition) is 4. The van der Waals surface area contributed by atoms with Crippen LogP contribution in [0.4, 0.5) is 0 Å². The molecule has 2 rings (SSSR count). The summed E-state index contributed by atoms with van der Waals surface area (Å²) in [6.07, 6.45) is 0. The van der Waals surface area contributed by atoms with E-state index in [1.54, 1.807) is 13.8 Å². The van der Waals surface area contributed by atoms with E-state index in [-0.39, 0.29) is 30.5 Å². The lowest BCUT2D eigenvalue weighted by molar-refractivity contribution is -0.0669. The van der Waals surface area contributed by atoms with Crippen LogP contribution < -0.4 is 5.56 Å². The number of nitrogens with zero attached hydrogens (tertiary/aromatic N) is 2. The van der Waals surface area contributed by atoms with Gasteiger partial charge in [-0.3, -0.25) is 9.59 Å². The van der Waals surface area contributed by atoms with Gasteiger partial charge in [0.25, 0.3) is 11.5 Å². The Labute approximate surface area is 111 Å². The van der Waals surface area contributed by atoms with E-state index in [1.807, 2.05) is 13.8 Å². The second kappa shape index (κ2) is 4.45. The SMILES string of the molecule is Cc1nc(C(C)C)[nH]c(=O)c1C(=O)N1CC(C)(O)C1. The van der Waals surface area contributed by atoms with Gasteiger partial charge in [-0.05, 0) is 13.8 Å². The Morgan fingerprint density at radius 2 is 2.05 bits per heavy atom. The summed E-state index contributed by atoms with van der Waals surface area (Å²) in [7, 11) is 0. The summed E-state index contributed by atoms with van der Waals surface area (Å²) >= 11 is 0. The molecule has 1 saturated heterocycles. The van der Waals surface area contributed by atoms with Crippen molar-refractivity contribution in [2.24, 2.45) is 0 Å². The zero-order valence-corrected chi connectivity index (χ0v) is 11.6. The molecular weight excluding hydrogens is 246 g/mol. The van der Waals surface area contributed by atoms with E-state index in [1.165, 1.54) is 4.90 Å². The van der Waals surface area contributed by atoms with Crippen molar-refractivity contribution in [1.82, 2.24) is 14.9 Å². The molecule has 19 heavy (non-hydrogen) atoms. The fourth-order valence-electron chi connectivity index (χ4n) is 2.21. The highest BCUT2D eigenvalue weighted by Crippen LogP contribution is 2.22. The van der Waals surface area contributed by atoms with Crippen molar-refractivity contribution < 1.29 is 9.90 Å². The highest BCUT2D eigenvalue weighted by molar-refractivity contribution is 5.95. The normalized spacial score (nSPS) is 17.5. The molecule has 0 radical (unpaired) electrons. The van der Waals surface area contributed by atoms with E-state index in [0.717, 1.165) is 0 Å². The summed E-state index contributed by atoms with van der Waals surface area (Å²) < 4.78 is 0. The van der Waals surface area contributed by atoms with Crippen LogP contribution in [-0.2, 0) is 0 Å². The number of hydrogen-bond donors (Lipinski definition) is 2. The molecule has 0 unspecified atom stereocenters. The Balaban J connectivity index is 2.31. The van der Waals surface area contributed by atoms with Crippen LogP contribution in [0.25, 0.3) is 0 Å². The van der Waals surface area contributed by atoms with Gasteiger partial charge < -0.3 is 15.0 Å². The molecule has 6 heteroatoms. The first-order chi connectivity index (χ1) is 8.71. The third kappa shape index (κ3) is 2.53. The van der Waals surface area contributed by atoms with Crippen LogP contribution in [0, 0.1) is 6.92 Å². The van der Waals surface area contributed by atoms with Crippen molar-refractivity contribution >= 4 is 5.91 Å². The fourth-order valence-corrected chi connectivity index (χ4v) is 2.21. The largest absolute Gasteiger partial charge is 0.386 e. The minimum absolute atomic E-state index is 0.0694. The molecule has 1 fully saturated rings. The molecule has 1 aliphatic rings. The topological polar surface area (TPSA) is 86.3 Å². The molecule has 1 aliphatic heterocycles. The average molecular weight is 265 g/mol. The van der Waals surface area contributed by atoms with E-state index in [2.05, 4.69) is 9.97 Å². The van der Waals surface area contributed by atoms with Crippen molar-refractivity contribution in [1.29, 1.82) is 0 Å².